The fourth-order valence-electron chi connectivity index (χ4n) is 3.11. The summed E-state index contributed by atoms with van der Waals surface area (Å²) in [4.78, 5) is 23.2. The van der Waals surface area contributed by atoms with Crippen molar-refractivity contribution in [2.45, 2.75) is 19.3 Å². The Morgan fingerprint density at radius 2 is 1.96 bits per heavy atom. The molecule has 1 heterocycles. The van der Waals surface area contributed by atoms with Crippen LogP contribution in [-0.4, -0.2) is 49.9 Å². The minimum Gasteiger partial charge on any atom is -0.496 e. The summed E-state index contributed by atoms with van der Waals surface area (Å²) >= 11 is 0. The van der Waals surface area contributed by atoms with Gasteiger partial charge in [-0.3, -0.25) is 4.79 Å². The lowest BCUT2D eigenvalue weighted by Gasteiger charge is -2.54. The molecule has 1 spiro atoms. The summed E-state index contributed by atoms with van der Waals surface area (Å²) in [5.74, 6) is -2.01. The van der Waals surface area contributed by atoms with Crippen molar-refractivity contribution in [2.24, 2.45) is 5.41 Å². The molecule has 8 nitrogen and oxygen atoms in total. The number of nitrogens with one attached hydrogen (secondary N) is 1. The normalized spacial score (nSPS) is 19.2. The van der Waals surface area contributed by atoms with Crippen LogP contribution in [0.4, 0.5) is 0 Å². The number of methoxy groups -OCH3 is 1. The van der Waals surface area contributed by atoms with E-state index < -0.39 is 22.1 Å². The monoisotopic (exact) mass is 354 g/mol. The second-order valence-electron chi connectivity index (χ2n) is 6.28. The van der Waals surface area contributed by atoms with E-state index in [9.17, 15) is 18.0 Å². The maximum Gasteiger partial charge on any atom is 0.335 e. The number of hydrogen-bond acceptors (Lipinski definition) is 5. The number of carboxylic acids is 1. The van der Waals surface area contributed by atoms with Crippen LogP contribution in [0, 0.1) is 5.41 Å². The van der Waals surface area contributed by atoms with E-state index in [1.165, 1.54) is 29.6 Å². The van der Waals surface area contributed by atoms with Crippen LogP contribution in [-0.2, 0) is 10.2 Å². The first-order valence-corrected chi connectivity index (χ1v) is 8.94. The molecule has 2 fully saturated rings. The number of ether oxygens (including phenoxy) is 1. The van der Waals surface area contributed by atoms with Gasteiger partial charge in [0.15, 0.2) is 0 Å². The summed E-state index contributed by atoms with van der Waals surface area (Å²) in [5.41, 5.74) is 0.0180. The summed E-state index contributed by atoms with van der Waals surface area (Å²) in [6.07, 6.45) is 3.17. The van der Waals surface area contributed by atoms with E-state index >= 15 is 0 Å². The Bertz CT molecular complexity index is 792. The highest BCUT2D eigenvalue weighted by Gasteiger charge is 2.51. The van der Waals surface area contributed by atoms with Gasteiger partial charge in [0.25, 0.3) is 5.91 Å². The quantitative estimate of drug-likeness (QED) is 0.811. The maximum absolute atomic E-state index is 12.3. The summed E-state index contributed by atoms with van der Waals surface area (Å²) < 4.78 is 32.8. The average molecular weight is 354 g/mol. The molecule has 2 aliphatic rings. The van der Waals surface area contributed by atoms with Crippen molar-refractivity contribution >= 4 is 22.1 Å². The minimum atomic E-state index is -3.91. The van der Waals surface area contributed by atoms with E-state index in [0.717, 1.165) is 19.3 Å². The molecule has 3 rings (SSSR count). The molecule has 1 aliphatic heterocycles. The number of amides is 1. The van der Waals surface area contributed by atoms with Crippen molar-refractivity contribution in [2.75, 3.05) is 20.2 Å². The Morgan fingerprint density at radius 3 is 2.46 bits per heavy atom. The standard InChI is InChI=1S/C15H18N2O6S/c1-23-12-7-10(14(19)20)3-4-11(12)13(18)16-24(21,22)17-8-15(9-17)5-2-6-15/h3-4,7H,2,5-6,8-9H2,1H3,(H,16,18)(H,19,20). The van der Waals surface area contributed by atoms with Gasteiger partial charge in [0.2, 0.25) is 0 Å². The van der Waals surface area contributed by atoms with E-state index in [-0.39, 0.29) is 22.3 Å². The van der Waals surface area contributed by atoms with E-state index in [1.807, 2.05) is 4.72 Å². The SMILES string of the molecule is COc1cc(C(=O)O)ccc1C(=O)NS(=O)(=O)N1CC2(CCC2)C1. The highest BCUT2D eigenvalue weighted by atomic mass is 32.2. The molecule has 1 saturated heterocycles. The fourth-order valence-corrected chi connectivity index (χ4v) is 4.47. The van der Waals surface area contributed by atoms with Crippen molar-refractivity contribution < 1.29 is 27.9 Å². The maximum atomic E-state index is 12.3. The third-order valence-corrected chi connectivity index (χ3v) is 6.07. The van der Waals surface area contributed by atoms with Crippen molar-refractivity contribution in [3.8, 4) is 5.75 Å². The van der Waals surface area contributed by atoms with Gasteiger partial charge in [-0.25, -0.2) is 9.52 Å². The van der Waals surface area contributed by atoms with Gasteiger partial charge in [0.1, 0.15) is 5.75 Å². The van der Waals surface area contributed by atoms with Gasteiger partial charge in [0.05, 0.1) is 18.2 Å². The largest absolute Gasteiger partial charge is 0.496 e. The van der Waals surface area contributed by atoms with Crippen LogP contribution in [0.2, 0.25) is 0 Å². The second kappa shape index (κ2) is 5.75. The molecule has 1 saturated carbocycles. The number of rotatable bonds is 5. The molecule has 0 atom stereocenters. The molecule has 2 N–H and O–H groups in total. The molecule has 0 unspecified atom stereocenters. The van der Waals surface area contributed by atoms with Crippen LogP contribution in [0.3, 0.4) is 0 Å². The number of hydrogen-bond donors (Lipinski definition) is 2. The van der Waals surface area contributed by atoms with Crippen molar-refractivity contribution in [3.05, 3.63) is 29.3 Å². The van der Waals surface area contributed by atoms with Crippen LogP contribution in [0.25, 0.3) is 0 Å². The Labute approximate surface area is 139 Å². The van der Waals surface area contributed by atoms with Crippen LogP contribution in [0.15, 0.2) is 18.2 Å². The van der Waals surface area contributed by atoms with Gasteiger partial charge >= 0.3 is 16.2 Å². The second-order valence-corrected chi connectivity index (χ2v) is 7.95. The number of aromatic carboxylic acids is 1. The van der Waals surface area contributed by atoms with E-state index in [2.05, 4.69) is 0 Å². The summed E-state index contributed by atoms with van der Waals surface area (Å²) in [5, 5.41) is 8.95. The minimum absolute atomic E-state index is 0.00155. The number of benzene rings is 1. The van der Waals surface area contributed by atoms with Crippen molar-refractivity contribution in [1.29, 1.82) is 0 Å². The Hall–Kier alpha value is -2.13. The smallest absolute Gasteiger partial charge is 0.335 e. The van der Waals surface area contributed by atoms with Crippen molar-refractivity contribution in [3.63, 3.8) is 0 Å². The van der Waals surface area contributed by atoms with Gasteiger partial charge in [0, 0.05) is 13.1 Å². The van der Waals surface area contributed by atoms with Gasteiger partial charge in [-0.2, -0.15) is 12.7 Å². The zero-order valence-electron chi connectivity index (χ0n) is 13.1. The molecule has 130 valence electrons. The number of carbonyl (C=O) groups excluding carboxylic acids is 1. The van der Waals surface area contributed by atoms with Crippen LogP contribution >= 0.6 is 0 Å². The molecule has 0 aromatic heterocycles. The number of carboxylic acid groups (broad SMARTS) is 1. The molecule has 1 aliphatic carbocycles. The zero-order chi connectivity index (χ0) is 17.5. The lowest BCUT2D eigenvalue weighted by molar-refractivity contribution is -0.00859. The molecule has 0 bridgehead atoms. The topological polar surface area (TPSA) is 113 Å². The first-order chi connectivity index (χ1) is 11.3. The third kappa shape index (κ3) is 2.84. The number of nitrogens with zero attached hydrogens (tertiary/aromatic N) is 1. The van der Waals surface area contributed by atoms with E-state index in [1.54, 1.807) is 0 Å². The van der Waals surface area contributed by atoms with Gasteiger partial charge < -0.3 is 9.84 Å². The third-order valence-electron chi connectivity index (χ3n) is 4.69. The highest BCUT2D eigenvalue weighted by Crippen LogP contribution is 2.48. The molecule has 1 aromatic carbocycles. The zero-order valence-corrected chi connectivity index (χ0v) is 13.9. The first kappa shape index (κ1) is 16.7. The van der Waals surface area contributed by atoms with Crippen LogP contribution in [0.5, 0.6) is 5.75 Å². The predicted molar refractivity (Wildman–Crippen MR) is 84.2 cm³/mol. The first-order valence-electron chi connectivity index (χ1n) is 7.50. The molecule has 9 heteroatoms. The fraction of sp³-hybridized carbons (Fsp3) is 0.467. The molecule has 1 amide bonds. The van der Waals surface area contributed by atoms with Gasteiger partial charge in [-0.15, -0.1) is 0 Å². The molecular formula is C15H18N2O6S. The highest BCUT2D eigenvalue weighted by molar-refractivity contribution is 7.87. The Kier molecular flexibility index (Phi) is 4.00. The Morgan fingerprint density at radius 1 is 1.29 bits per heavy atom. The molecular weight excluding hydrogens is 336 g/mol. The van der Waals surface area contributed by atoms with Crippen molar-refractivity contribution in [1.82, 2.24) is 9.03 Å². The van der Waals surface area contributed by atoms with Gasteiger partial charge in [-0.1, -0.05) is 6.42 Å². The van der Waals surface area contributed by atoms with Crippen LogP contribution < -0.4 is 9.46 Å². The lowest BCUT2D eigenvalue weighted by Crippen LogP contribution is -2.63. The van der Waals surface area contributed by atoms with E-state index in [0.29, 0.717) is 13.1 Å². The predicted octanol–water partition coefficient (Wildman–Crippen LogP) is 0.854. The summed E-state index contributed by atoms with van der Waals surface area (Å²) in [6, 6.07) is 3.63. The molecule has 1 aromatic rings. The Balaban J connectivity index is 1.73. The van der Waals surface area contributed by atoms with E-state index in [4.69, 9.17) is 9.84 Å². The summed E-state index contributed by atoms with van der Waals surface area (Å²) in [6.45, 7) is 0.870. The molecule has 24 heavy (non-hydrogen) atoms. The van der Waals surface area contributed by atoms with Gasteiger partial charge in [-0.05, 0) is 36.5 Å². The number of carbonyl (C=O) groups is 2. The summed E-state index contributed by atoms with van der Waals surface area (Å²) in [7, 11) is -2.63. The lowest BCUT2D eigenvalue weighted by atomic mass is 9.65. The molecule has 0 radical (unpaired) electrons. The average Bonchev–Trinajstić information content (AvgIpc) is 2.42. The van der Waals surface area contributed by atoms with Crippen LogP contribution in [0.1, 0.15) is 40.0 Å².